The maximum atomic E-state index is 4.72. The van der Waals surface area contributed by atoms with Gasteiger partial charge in [0.25, 0.3) is 0 Å². The summed E-state index contributed by atoms with van der Waals surface area (Å²) >= 11 is 4.72. The molecule has 0 spiro atoms. The molecule has 1 heterocycles. The van der Waals surface area contributed by atoms with Gasteiger partial charge >= 0.3 is 0 Å². The predicted molar refractivity (Wildman–Crippen MR) is 83.4 cm³/mol. The van der Waals surface area contributed by atoms with Crippen molar-refractivity contribution in [3.63, 3.8) is 0 Å². The first-order chi connectivity index (χ1) is 8.78. The molecule has 1 aliphatic heterocycles. The van der Waals surface area contributed by atoms with Crippen molar-refractivity contribution in [3.8, 4) is 0 Å². The van der Waals surface area contributed by atoms with Crippen molar-refractivity contribution >= 4 is 12.6 Å². The number of hydrogen-bond donors (Lipinski definition) is 1. The van der Waals surface area contributed by atoms with Gasteiger partial charge in [0.1, 0.15) is 0 Å². The summed E-state index contributed by atoms with van der Waals surface area (Å²) in [4.78, 5) is 2.76. The highest BCUT2D eigenvalue weighted by Gasteiger charge is 2.33. The van der Waals surface area contributed by atoms with E-state index in [1.807, 2.05) is 0 Å². The molecule has 0 radical (unpaired) electrons. The molecule has 2 fully saturated rings. The quantitative estimate of drug-likeness (QED) is 0.585. The molecule has 1 saturated heterocycles. The Morgan fingerprint density at radius 3 is 2.44 bits per heavy atom. The third kappa shape index (κ3) is 3.90. The first-order valence-electron chi connectivity index (χ1n) is 8.11. The van der Waals surface area contributed by atoms with Crippen LogP contribution in [-0.4, -0.2) is 30.3 Å². The maximum Gasteiger partial charge on any atom is 0.00459 e. The second-order valence-electron chi connectivity index (χ2n) is 6.72. The van der Waals surface area contributed by atoms with Crippen molar-refractivity contribution in [2.24, 2.45) is 11.3 Å². The molecule has 0 aromatic heterocycles. The zero-order chi connectivity index (χ0) is 12.8. The number of likely N-dealkylation sites (tertiary alicyclic amines) is 1. The van der Waals surface area contributed by atoms with E-state index in [1.54, 1.807) is 0 Å². The van der Waals surface area contributed by atoms with E-state index in [4.69, 9.17) is 12.6 Å². The molecule has 2 aliphatic rings. The second kappa shape index (κ2) is 7.19. The number of thiol groups is 1. The van der Waals surface area contributed by atoms with Crippen molar-refractivity contribution in [1.29, 1.82) is 0 Å². The molecule has 0 N–H and O–H groups in total. The molecule has 2 rings (SSSR count). The summed E-state index contributed by atoms with van der Waals surface area (Å²) in [5.74, 6) is 2.06. The second-order valence-corrected chi connectivity index (χ2v) is 7.04. The zero-order valence-corrected chi connectivity index (χ0v) is 13.1. The normalized spacial score (nSPS) is 30.0. The highest BCUT2D eigenvalue weighted by Crippen LogP contribution is 2.37. The third-order valence-corrected chi connectivity index (χ3v) is 5.91. The molecule has 0 aromatic carbocycles. The lowest BCUT2D eigenvalue weighted by molar-refractivity contribution is 0.103. The molecule has 1 saturated carbocycles. The summed E-state index contributed by atoms with van der Waals surface area (Å²) in [7, 11) is 0. The van der Waals surface area contributed by atoms with Crippen LogP contribution in [0.25, 0.3) is 0 Å². The van der Waals surface area contributed by atoms with Crippen molar-refractivity contribution < 1.29 is 0 Å². The number of nitrogens with zero attached hydrogens (tertiary/aromatic N) is 1. The predicted octanol–water partition coefficient (Wildman–Crippen LogP) is 4.38. The molecule has 0 bridgehead atoms. The number of piperidine rings is 1. The summed E-state index contributed by atoms with van der Waals surface area (Å²) in [6, 6.07) is 0. The standard InChI is InChI=1S/C16H31NS/c1-2-15-8-7-11-17(12-15)13-16(14-18)9-5-3-4-6-10-16/h15,18H,2-14H2,1H3. The lowest BCUT2D eigenvalue weighted by Gasteiger charge is -2.40. The molecule has 1 aliphatic carbocycles. The van der Waals surface area contributed by atoms with Gasteiger partial charge in [0, 0.05) is 13.1 Å². The van der Waals surface area contributed by atoms with E-state index in [0.717, 1.165) is 11.7 Å². The van der Waals surface area contributed by atoms with Crippen LogP contribution in [0, 0.1) is 11.3 Å². The Kier molecular flexibility index (Phi) is 5.88. The molecule has 0 aromatic rings. The van der Waals surface area contributed by atoms with Crippen molar-refractivity contribution in [2.45, 2.75) is 64.7 Å². The maximum absolute atomic E-state index is 4.72. The summed E-state index contributed by atoms with van der Waals surface area (Å²) in [5, 5.41) is 0. The lowest BCUT2D eigenvalue weighted by Crippen LogP contribution is -2.44. The summed E-state index contributed by atoms with van der Waals surface area (Å²) in [5.41, 5.74) is 0.537. The molecule has 1 unspecified atom stereocenters. The van der Waals surface area contributed by atoms with Crippen LogP contribution >= 0.6 is 12.6 Å². The molecular formula is C16H31NS. The van der Waals surface area contributed by atoms with E-state index < -0.39 is 0 Å². The van der Waals surface area contributed by atoms with Crippen LogP contribution in [0.2, 0.25) is 0 Å². The van der Waals surface area contributed by atoms with Crippen molar-refractivity contribution in [2.75, 3.05) is 25.4 Å². The molecule has 18 heavy (non-hydrogen) atoms. The van der Waals surface area contributed by atoms with Gasteiger partial charge < -0.3 is 4.90 Å². The first-order valence-corrected chi connectivity index (χ1v) is 8.74. The third-order valence-electron chi connectivity index (χ3n) is 5.24. The van der Waals surface area contributed by atoms with Gasteiger partial charge in [0.2, 0.25) is 0 Å². The minimum atomic E-state index is 0.537. The summed E-state index contributed by atoms with van der Waals surface area (Å²) < 4.78 is 0. The Balaban J connectivity index is 1.91. The van der Waals surface area contributed by atoms with Crippen LogP contribution in [0.1, 0.15) is 64.7 Å². The van der Waals surface area contributed by atoms with E-state index in [2.05, 4.69) is 11.8 Å². The minimum Gasteiger partial charge on any atom is -0.302 e. The average Bonchev–Trinajstić information content (AvgIpc) is 2.65. The molecule has 1 atom stereocenters. The largest absolute Gasteiger partial charge is 0.302 e. The Labute approximate surface area is 119 Å². The van der Waals surface area contributed by atoms with Crippen LogP contribution in [0.15, 0.2) is 0 Å². The van der Waals surface area contributed by atoms with Gasteiger partial charge in [0.15, 0.2) is 0 Å². The molecule has 106 valence electrons. The monoisotopic (exact) mass is 269 g/mol. The molecule has 0 amide bonds. The van der Waals surface area contributed by atoms with E-state index in [0.29, 0.717) is 5.41 Å². The van der Waals surface area contributed by atoms with Crippen LogP contribution in [0.3, 0.4) is 0 Å². The Morgan fingerprint density at radius 1 is 1.11 bits per heavy atom. The topological polar surface area (TPSA) is 3.24 Å². The first kappa shape index (κ1) is 14.7. The summed E-state index contributed by atoms with van der Waals surface area (Å²) in [6.45, 7) is 6.37. The van der Waals surface area contributed by atoms with Crippen molar-refractivity contribution in [1.82, 2.24) is 4.90 Å². The van der Waals surface area contributed by atoms with E-state index in [1.165, 1.54) is 77.4 Å². The van der Waals surface area contributed by atoms with Crippen LogP contribution in [0.4, 0.5) is 0 Å². The lowest BCUT2D eigenvalue weighted by atomic mass is 9.81. The van der Waals surface area contributed by atoms with Gasteiger partial charge in [-0.05, 0) is 49.3 Å². The Morgan fingerprint density at radius 2 is 1.83 bits per heavy atom. The summed E-state index contributed by atoms with van der Waals surface area (Å²) in [6.07, 6.45) is 12.9. The minimum absolute atomic E-state index is 0.537. The fourth-order valence-electron chi connectivity index (χ4n) is 3.95. The van der Waals surface area contributed by atoms with Crippen LogP contribution in [-0.2, 0) is 0 Å². The average molecular weight is 269 g/mol. The van der Waals surface area contributed by atoms with Gasteiger partial charge in [-0.2, -0.15) is 12.6 Å². The Bertz CT molecular complexity index is 233. The molecule has 1 nitrogen and oxygen atoms in total. The smallest absolute Gasteiger partial charge is 0.00459 e. The molecular weight excluding hydrogens is 238 g/mol. The van der Waals surface area contributed by atoms with E-state index in [9.17, 15) is 0 Å². The van der Waals surface area contributed by atoms with E-state index in [-0.39, 0.29) is 0 Å². The highest BCUT2D eigenvalue weighted by atomic mass is 32.1. The van der Waals surface area contributed by atoms with Gasteiger partial charge in [-0.15, -0.1) is 0 Å². The van der Waals surface area contributed by atoms with E-state index >= 15 is 0 Å². The van der Waals surface area contributed by atoms with Gasteiger partial charge in [-0.25, -0.2) is 0 Å². The highest BCUT2D eigenvalue weighted by molar-refractivity contribution is 7.80. The fourth-order valence-corrected chi connectivity index (χ4v) is 4.36. The van der Waals surface area contributed by atoms with Gasteiger partial charge in [0.05, 0.1) is 0 Å². The Hall–Kier alpha value is 0.310. The number of rotatable bonds is 4. The fraction of sp³-hybridized carbons (Fsp3) is 1.00. The van der Waals surface area contributed by atoms with Gasteiger partial charge in [-0.3, -0.25) is 0 Å². The van der Waals surface area contributed by atoms with Crippen molar-refractivity contribution in [3.05, 3.63) is 0 Å². The zero-order valence-electron chi connectivity index (χ0n) is 12.2. The number of hydrogen-bond acceptors (Lipinski definition) is 2. The molecule has 2 heteroatoms. The van der Waals surface area contributed by atoms with Gasteiger partial charge in [-0.1, -0.05) is 39.0 Å². The van der Waals surface area contributed by atoms with Crippen LogP contribution < -0.4 is 0 Å². The SMILES string of the molecule is CCC1CCCN(CC2(CS)CCCCCC2)C1. The van der Waals surface area contributed by atoms with Crippen LogP contribution in [0.5, 0.6) is 0 Å².